The maximum atomic E-state index is 13.3. The number of amides is 1. The molecule has 30 heavy (non-hydrogen) atoms. The van der Waals surface area contributed by atoms with Crippen LogP contribution in [-0.4, -0.2) is 69.4 Å². The van der Waals surface area contributed by atoms with Gasteiger partial charge in [0.2, 0.25) is 0 Å². The van der Waals surface area contributed by atoms with E-state index in [9.17, 15) is 4.79 Å². The molecule has 1 aromatic heterocycles. The van der Waals surface area contributed by atoms with Crippen LogP contribution in [0.25, 0.3) is 11.0 Å². The highest BCUT2D eigenvalue weighted by Crippen LogP contribution is 2.26. The first-order valence-corrected chi connectivity index (χ1v) is 12.7. The Labute approximate surface area is 185 Å². The third kappa shape index (κ3) is 4.24. The molecule has 7 heteroatoms. The summed E-state index contributed by atoms with van der Waals surface area (Å²) in [6.07, 6.45) is 1.29. The van der Waals surface area contributed by atoms with Gasteiger partial charge in [0, 0.05) is 49.3 Å². The summed E-state index contributed by atoms with van der Waals surface area (Å²) in [7, 11) is 0. The third-order valence-electron chi connectivity index (χ3n) is 6.00. The molecule has 3 heterocycles. The van der Waals surface area contributed by atoms with Gasteiger partial charge in [0.15, 0.2) is 5.16 Å². The van der Waals surface area contributed by atoms with Crippen molar-refractivity contribution in [2.45, 2.75) is 23.4 Å². The number of aromatic nitrogens is 2. The molecule has 3 aromatic rings. The summed E-state index contributed by atoms with van der Waals surface area (Å²) in [5, 5.41) is 0.890. The van der Waals surface area contributed by atoms with Gasteiger partial charge in [-0.05, 0) is 35.9 Å². The zero-order chi connectivity index (χ0) is 20.3. The molecule has 1 unspecified atom stereocenters. The van der Waals surface area contributed by atoms with E-state index in [1.54, 1.807) is 11.8 Å². The van der Waals surface area contributed by atoms with E-state index in [0.717, 1.165) is 59.2 Å². The number of carbonyl (C=O) groups excluding carboxylic acids is 1. The van der Waals surface area contributed by atoms with Crippen molar-refractivity contribution < 1.29 is 4.79 Å². The second-order valence-electron chi connectivity index (χ2n) is 7.85. The summed E-state index contributed by atoms with van der Waals surface area (Å²) in [6, 6.07) is 16.8. The highest BCUT2D eigenvalue weighted by molar-refractivity contribution is 7.99. The van der Waals surface area contributed by atoms with E-state index in [1.807, 2.05) is 47.4 Å². The molecule has 0 spiro atoms. The Hall–Kier alpha value is -1.96. The van der Waals surface area contributed by atoms with Crippen LogP contribution in [0, 0.1) is 0 Å². The van der Waals surface area contributed by atoms with E-state index in [2.05, 4.69) is 32.7 Å². The number of benzene rings is 2. The SMILES string of the molecule is O=C(c1ccccc1CSc1nc2ccccc2[nH]1)N1CCN(C2CCSC2)CC1. The van der Waals surface area contributed by atoms with Crippen molar-refractivity contribution in [2.24, 2.45) is 0 Å². The Morgan fingerprint density at radius 1 is 1.10 bits per heavy atom. The molecule has 2 aliphatic rings. The number of piperazine rings is 1. The van der Waals surface area contributed by atoms with Crippen molar-refractivity contribution >= 4 is 40.5 Å². The minimum atomic E-state index is 0.163. The van der Waals surface area contributed by atoms with Crippen LogP contribution < -0.4 is 0 Å². The summed E-state index contributed by atoms with van der Waals surface area (Å²) < 4.78 is 0. The van der Waals surface area contributed by atoms with E-state index in [1.165, 1.54) is 17.9 Å². The second-order valence-corrected chi connectivity index (χ2v) is 9.96. The Balaban J connectivity index is 1.24. The number of fused-ring (bicyclic) bond motifs is 1. The topological polar surface area (TPSA) is 52.2 Å². The van der Waals surface area contributed by atoms with Gasteiger partial charge in [0.25, 0.3) is 5.91 Å². The van der Waals surface area contributed by atoms with Gasteiger partial charge in [-0.25, -0.2) is 4.98 Å². The Kier molecular flexibility index (Phi) is 6.02. The molecule has 0 saturated carbocycles. The van der Waals surface area contributed by atoms with Gasteiger partial charge in [-0.15, -0.1) is 0 Å². The van der Waals surface area contributed by atoms with E-state index >= 15 is 0 Å². The first-order valence-electron chi connectivity index (χ1n) is 10.5. The standard InChI is InChI=1S/C23H26N4OS2/c28-22(27-12-10-26(11-13-27)18-9-14-29-16-18)19-6-2-1-5-17(19)15-30-23-24-20-7-3-4-8-21(20)25-23/h1-8,18H,9-16H2,(H,24,25). The summed E-state index contributed by atoms with van der Waals surface area (Å²) in [4.78, 5) is 25.9. The minimum Gasteiger partial charge on any atom is -0.336 e. The highest BCUT2D eigenvalue weighted by atomic mass is 32.2. The smallest absolute Gasteiger partial charge is 0.254 e. The van der Waals surface area contributed by atoms with Gasteiger partial charge in [-0.1, -0.05) is 42.1 Å². The summed E-state index contributed by atoms with van der Waals surface area (Å²) >= 11 is 3.70. The molecule has 2 aromatic carbocycles. The number of nitrogens with zero attached hydrogens (tertiary/aromatic N) is 3. The molecule has 2 aliphatic heterocycles. The number of thioether (sulfide) groups is 2. The maximum Gasteiger partial charge on any atom is 0.254 e. The van der Waals surface area contributed by atoms with E-state index < -0.39 is 0 Å². The molecular weight excluding hydrogens is 412 g/mol. The predicted molar refractivity (Wildman–Crippen MR) is 125 cm³/mol. The van der Waals surface area contributed by atoms with Crippen LogP contribution in [0.3, 0.4) is 0 Å². The largest absolute Gasteiger partial charge is 0.336 e. The van der Waals surface area contributed by atoms with E-state index in [4.69, 9.17) is 0 Å². The van der Waals surface area contributed by atoms with Gasteiger partial charge < -0.3 is 9.88 Å². The number of imidazole rings is 1. The van der Waals surface area contributed by atoms with Crippen molar-refractivity contribution in [3.05, 3.63) is 59.7 Å². The molecule has 0 radical (unpaired) electrons. The van der Waals surface area contributed by atoms with Crippen molar-refractivity contribution in [1.29, 1.82) is 0 Å². The molecule has 1 N–H and O–H groups in total. The van der Waals surface area contributed by atoms with Crippen LogP contribution in [0.15, 0.2) is 53.7 Å². The molecule has 2 saturated heterocycles. The third-order valence-corrected chi connectivity index (χ3v) is 8.07. The monoisotopic (exact) mass is 438 g/mol. The number of carbonyl (C=O) groups is 1. The molecule has 2 fully saturated rings. The number of nitrogens with one attached hydrogen (secondary N) is 1. The lowest BCUT2D eigenvalue weighted by atomic mass is 10.1. The zero-order valence-corrected chi connectivity index (χ0v) is 18.6. The van der Waals surface area contributed by atoms with Gasteiger partial charge in [0.05, 0.1) is 11.0 Å². The molecule has 5 nitrogen and oxygen atoms in total. The van der Waals surface area contributed by atoms with E-state index in [-0.39, 0.29) is 5.91 Å². The molecule has 5 rings (SSSR count). The lowest BCUT2D eigenvalue weighted by Crippen LogP contribution is -2.52. The zero-order valence-electron chi connectivity index (χ0n) is 16.9. The summed E-state index contributed by atoms with van der Waals surface area (Å²) in [5.74, 6) is 3.41. The van der Waals surface area contributed by atoms with Crippen molar-refractivity contribution in [2.75, 3.05) is 37.7 Å². The van der Waals surface area contributed by atoms with Crippen LogP contribution in [0.1, 0.15) is 22.3 Å². The van der Waals surface area contributed by atoms with Crippen molar-refractivity contribution in [1.82, 2.24) is 19.8 Å². The number of aromatic amines is 1. The van der Waals surface area contributed by atoms with Crippen LogP contribution in [0.5, 0.6) is 0 Å². The van der Waals surface area contributed by atoms with Crippen molar-refractivity contribution in [3.63, 3.8) is 0 Å². The van der Waals surface area contributed by atoms with Crippen LogP contribution in [0.4, 0.5) is 0 Å². The molecular formula is C23H26N4OS2. The van der Waals surface area contributed by atoms with Gasteiger partial charge in [-0.3, -0.25) is 9.69 Å². The fourth-order valence-corrected chi connectivity index (χ4v) is 6.41. The molecule has 1 atom stereocenters. The number of para-hydroxylation sites is 2. The Morgan fingerprint density at radius 3 is 2.70 bits per heavy atom. The van der Waals surface area contributed by atoms with E-state index in [0.29, 0.717) is 6.04 Å². The average molecular weight is 439 g/mol. The summed E-state index contributed by atoms with van der Waals surface area (Å²) in [5.41, 5.74) is 3.92. The van der Waals surface area contributed by atoms with Crippen molar-refractivity contribution in [3.8, 4) is 0 Å². The fraction of sp³-hybridized carbons (Fsp3) is 0.391. The molecule has 1 amide bonds. The van der Waals surface area contributed by atoms with Gasteiger partial charge in [0.1, 0.15) is 0 Å². The second kappa shape index (κ2) is 9.04. The number of rotatable bonds is 5. The average Bonchev–Trinajstić information content (AvgIpc) is 3.47. The van der Waals surface area contributed by atoms with Gasteiger partial charge in [-0.2, -0.15) is 11.8 Å². The van der Waals surface area contributed by atoms with Crippen LogP contribution in [0.2, 0.25) is 0 Å². The van der Waals surface area contributed by atoms with Crippen LogP contribution in [-0.2, 0) is 5.75 Å². The molecule has 156 valence electrons. The first-order chi connectivity index (χ1) is 14.8. The minimum absolute atomic E-state index is 0.163. The quantitative estimate of drug-likeness (QED) is 0.608. The maximum absolute atomic E-state index is 13.3. The molecule has 0 bridgehead atoms. The van der Waals surface area contributed by atoms with Gasteiger partial charge >= 0.3 is 0 Å². The van der Waals surface area contributed by atoms with Crippen LogP contribution >= 0.6 is 23.5 Å². The number of hydrogen-bond acceptors (Lipinski definition) is 5. The Morgan fingerprint density at radius 2 is 1.90 bits per heavy atom. The normalized spacial score (nSPS) is 20.1. The summed E-state index contributed by atoms with van der Waals surface area (Å²) in [6.45, 7) is 3.63. The predicted octanol–water partition coefficient (Wildman–Crippen LogP) is 4.12. The lowest BCUT2D eigenvalue weighted by molar-refractivity contribution is 0.0587. The molecule has 0 aliphatic carbocycles. The number of hydrogen-bond donors (Lipinski definition) is 1. The fourth-order valence-electron chi connectivity index (χ4n) is 4.27. The first kappa shape index (κ1) is 20.0. The number of H-pyrrole nitrogens is 1. The highest BCUT2D eigenvalue weighted by Gasteiger charge is 2.29. The Bertz CT molecular complexity index is 990. The lowest BCUT2D eigenvalue weighted by Gasteiger charge is -2.38.